The van der Waals surface area contributed by atoms with Crippen molar-refractivity contribution >= 4 is 65.3 Å². The van der Waals surface area contributed by atoms with E-state index in [1.165, 1.54) is 38.0 Å². The van der Waals surface area contributed by atoms with E-state index in [0.717, 1.165) is 60.8 Å². The van der Waals surface area contributed by atoms with Crippen molar-refractivity contribution in [2.24, 2.45) is 0 Å². The standard InChI is InChI=1S/C53H32N4O/c1-2-11-37-30-40(25-22-33(37)10-1)52-54-51(55-53(56-52)44-16-9-19-49-50(44)43-15-6-8-18-48(43)58-49)36-23-20-34(21-24-36)35-26-28-41(29-27-35)57-46-17-7-5-14-42(46)45-31-38-12-3-4-13-39(38)32-47(45)57/h1-32H. The molecule has 0 atom stereocenters. The fourth-order valence-corrected chi connectivity index (χ4v) is 8.59. The molecule has 12 rings (SSSR count). The first-order valence-corrected chi connectivity index (χ1v) is 19.5. The number of furan rings is 1. The van der Waals surface area contributed by atoms with Gasteiger partial charge in [-0.25, -0.2) is 15.0 Å². The van der Waals surface area contributed by atoms with E-state index < -0.39 is 0 Å². The normalized spacial score (nSPS) is 11.8. The minimum atomic E-state index is 0.600. The Morgan fingerprint density at radius 1 is 0.345 bits per heavy atom. The van der Waals surface area contributed by atoms with Gasteiger partial charge in [-0.2, -0.15) is 0 Å². The minimum absolute atomic E-state index is 0.600. The molecule has 0 fully saturated rings. The van der Waals surface area contributed by atoms with Gasteiger partial charge < -0.3 is 8.98 Å². The van der Waals surface area contributed by atoms with Crippen LogP contribution in [0.1, 0.15) is 0 Å². The molecule has 9 aromatic carbocycles. The van der Waals surface area contributed by atoms with Crippen molar-refractivity contribution in [2.45, 2.75) is 0 Å². The zero-order valence-electron chi connectivity index (χ0n) is 31.2. The van der Waals surface area contributed by atoms with Crippen LogP contribution >= 0.6 is 0 Å². The molecule has 5 heteroatoms. The third-order valence-electron chi connectivity index (χ3n) is 11.4. The quantitative estimate of drug-likeness (QED) is 0.176. The molecule has 0 N–H and O–H groups in total. The highest BCUT2D eigenvalue weighted by Crippen LogP contribution is 2.38. The Morgan fingerprint density at radius 3 is 1.71 bits per heavy atom. The summed E-state index contributed by atoms with van der Waals surface area (Å²) in [5.74, 6) is 1.83. The van der Waals surface area contributed by atoms with Gasteiger partial charge in [0.05, 0.1) is 11.0 Å². The number of hydrogen-bond donors (Lipinski definition) is 0. The number of benzene rings is 9. The second-order valence-corrected chi connectivity index (χ2v) is 14.8. The molecule has 0 radical (unpaired) electrons. The van der Waals surface area contributed by atoms with E-state index >= 15 is 0 Å². The zero-order chi connectivity index (χ0) is 38.2. The molecule has 0 aliphatic carbocycles. The molecular formula is C53H32N4O. The monoisotopic (exact) mass is 740 g/mol. The first-order valence-electron chi connectivity index (χ1n) is 19.5. The largest absolute Gasteiger partial charge is 0.456 e. The Balaban J connectivity index is 0.947. The highest BCUT2D eigenvalue weighted by molar-refractivity contribution is 6.14. The van der Waals surface area contributed by atoms with Gasteiger partial charge in [-0.1, -0.05) is 146 Å². The van der Waals surface area contributed by atoms with Crippen molar-refractivity contribution in [3.63, 3.8) is 0 Å². The van der Waals surface area contributed by atoms with E-state index in [4.69, 9.17) is 19.4 Å². The third-order valence-corrected chi connectivity index (χ3v) is 11.4. The van der Waals surface area contributed by atoms with Crippen LogP contribution in [-0.4, -0.2) is 19.5 Å². The van der Waals surface area contributed by atoms with Crippen LogP contribution in [0, 0.1) is 0 Å². The first kappa shape index (κ1) is 32.4. The van der Waals surface area contributed by atoms with E-state index in [9.17, 15) is 0 Å². The Bertz CT molecular complexity index is 3560. The lowest BCUT2D eigenvalue weighted by Crippen LogP contribution is -2.00. The van der Waals surface area contributed by atoms with Gasteiger partial charge >= 0.3 is 0 Å². The maximum atomic E-state index is 6.26. The Kier molecular flexibility index (Phi) is 7.16. The van der Waals surface area contributed by atoms with E-state index in [1.54, 1.807) is 0 Å². The lowest BCUT2D eigenvalue weighted by Gasteiger charge is -2.11. The number of rotatable bonds is 5. The molecule has 270 valence electrons. The Labute approximate surface area is 333 Å². The van der Waals surface area contributed by atoms with Gasteiger partial charge in [0.25, 0.3) is 0 Å². The zero-order valence-corrected chi connectivity index (χ0v) is 31.2. The maximum absolute atomic E-state index is 6.26. The Morgan fingerprint density at radius 2 is 0.914 bits per heavy atom. The summed E-state index contributed by atoms with van der Waals surface area (Å²) in [6.45, 7) is 0. The minimum Gasteiger partial charge on any atom is -0.456 e. The number of para-hydroxylation sites is 2. The molecule has 0 bridgehead atoms. The van der Waals surface area contributed by atoms with Gasteiger partial charge in [0.1, 0.15) is 11.2 Å². The van der Waals surface area contributed by atoms with Crippen LogP contribution in [0.4, 0.5) is 0 Å². The molecule has 3 aromatic heterocycles. The summed E-state index contributed by atoms with van der Waals surface area (Å²) in [6, 6.07) is 68.2. The van der Waals surface area contributed by atoms with Gasteiger partial charge in [-0.15, -0.1) is 0 Å². The highest BCUT2D eigenvalue weighted by Gasteiger charge is 2.18. The molecule has 0 saturated heterocycles. The van der Waals surface area contributed by atoms with Crippen LogP contribution in [0.2, 0.25) is 0 Å². The smallest absolute Gasteiger partial charge is 0.164 e. The predicted octanol–water partition coefficient (Wildman–Crippen LogP) is 13.8. The van der Waals surface area contributed by atoms with Crippen molar-refractivity contribution in [3.8, 4) is 51.0 Å². The second kappa shape index (κ2) is 12.8. The van der Waals surface area contributed by atoms with Crippen molar-refractivity contribution < 1.29 is 4.42 Å². The van der Waals surface area contributed by atoms with Gasteiger partial charge in [0, 0.05) is 43.9 Å². The van der Waals surface area contributed by atoms with Gasteiger partial charge in [-0.05, 0) is 81.2 Å². The summed E-state index contributed by atoms with van der Waals surface area (Å²) < 4.78 is 8.63. The van der Waals surface area contributed by atoms with E-state index in [0.29, 0.717) is 17.5 Å². The lowest BCUT2D eigenvalue weighted by molar-refractivity contribution is 0.669. The molecule has 3 heterocycles. The summed E-state index contributed by atoms with van der Waals surface area (Å²) in [4.78, 5) is 15.4. The maximum Gasteiger partial charge on any atom is 0.164 e. The van der Waals surface area contributed by atoms with Crippen LogP contribution in [0.3, 0.4) is 0 Å². The topological polar surface area (TPSA) is 56.7 Å². The predicted molar refractivity (Wildman–Crippen MR) is 238 cm³/mol. The van der Waals surface area contributed by atoms with E-state index in [2.05, 4.69) is 168 Å². The molecule has 58 heavy (non-hydrogen) atoms. The van der Waals surface area contributed by atoms with Crippen LogP contribution in [0.25, 0.3) is 116 Å². The molecule has 0 spiro atoms. The number of aromatic nitrogens is 4. The molecule has 0 unspecified atom stereocenters. The van der Waals surface area contributed by atoms with Crippen LogP contribution in [-0.2, 0) is 0 Å². The number of hydrogen-bond acceptors (Lipinski definition) is 4. The number of fused-ring (bicyclic) bond motifs is 8. The third kappa shape index (κ3) is 5.21. The van der Waals surface area contributed by atoms with E-state index in [1.807, 2.05) is 30.3 Å². The summed E-state index contributed by atoms with van der Waals surface area (Å²) in [5.41, 5.74) is 10.2. The van der Waals surface area contributed by atoms with Gasteiger partial charge in [0.2, 0.25) is 0 Å². The lowest BCUT2D eigenvalue weighted by atomic mass is 10.0. The Hall–Kier alpha value is -7.89. The van der Waals surface area contributed by atoms with Crippen LogP contribution in [0.5, 0.6) is 0 Å². The molecule has 5 nitrogen and oxygen atoms in total. The van der Waals surface area contributed by atoms with Crippen molar-refractivity contribution in [3.05, 3.63) is 194 Å². The summed E-state index contributed by atoms with van der Waals surface area (Å²) in [7, 11) is 0. The van der Waals surface area contributed by atoms with Crippen molar-refractivity contribution in [1.82, 2.24) is 19.5 Å². The fourth-order valence-electron chi connectivity index (χ4n) is 8.59. The van der Waals surface area contributed by atoms with Crippen LogP contribution in [0.15, 0.2) is 199 Å². The first-order chi connectivity index (χ1) is 28.7. The van der Waals surface area contributed by atoms with E-state index in [-0.39, 0.29) is 0 Å². The molecule has 12 aromatic rings. The summed E-state index contributed by atoms with van der Waals surface area (Å²) in [5, 5.41) is 9.32. The SMILES string of the molecule is c1ccc2cc(-c3nc(-c4ccc(-c5ccc(-n6c7ccccc7c7cc8ccccc8cc76)cc5)cc4)nc(-c4cccc5oc6ccccc6c45)n3)ccc2c1. The van der Waals surface area contributed by atoms with Gasteiger partial charge in [-0.3, -0.25) is 0 Å². The average Bonchev–Trinajstić information content (AvgIpc) is 3.83. The molecule has 0 saturated carbocycles. The molecule has 0 aliphatic heterocycles. The summed E-state index contributed by atoms with van der Waals surface area (Å²) in [6.07, 6.45) is 0. The second-order valence-electron chi connectivity index (χ2n) is 14.8. The average molecular weight is 741 g/mol. The van der Waals surface area contributed by atoms with Crippen molar-refractivity contribution in [1.29, 1.82) is 0 Å². The van der Waals surface area contributed by atoms with Crippen LogP contribution < -0.4 is 0 Å². The summed E-state index contributed by atoms with van der Waals surface area (Å²) >= 11 is 0. The van der Waals surface area contributed by atoms with Crippen molar-refractivity contribution in [2.75, 3.05) is 0 Å². The number of nitrogens with zero attached hydrogens (tertiary/aromatic N) is 4. The molecule has 0 aliphatic rings. The molecule has 0 amide bonds. The fraction of sp³-hybridized carbons (Fsp3) is 0. The molecular weight excluding hydrogens is 709 g/mol. The van der Waals surface area contributed by atoms with Gasteiger partial charge in [0.15, 0.2) is 17.5 Å². The highest BCUT2D eigenvalue weighted by atomic mass is 16.3.